The second-order valence-electron chi connectivity index (χ2n) is 3.60. The number of rotatable bonds is 4. The van der Waals surface area contributed by atoms with Crippen molar-refractivity contribution in [1.29, 1.82) is 0 Å². The number of hydrogen-bond donors (Lipinski definition) is 2. The first-order valence-electron chi connectivity index (χ1n) is 5.11. The van der Waals surface area contributed by atoms with Crippen LogP contribution in [-0.2, 0) is 14.3 Å². The number of anilines is 1. The van der Waals surface area contributed by atoms with E-state index in [9.17, 15) is 9.59 Å². The standard InChI is InChI=1S/C12H11Br2NO4/c1-19-12(18)7(5-9(16)17)4-6-2-3-8(15)11(14)10(6)13/h2-4H,5,15H2,1H3,(H,16,17). The summed E-state index contributed by atoms with van der Waals surface area (Å²) >= 11 is 6.62. The monoisotopic (exact) mass is 391 g/mol. The van der Waals surface area contributed by atoms with Crippen LogP contribution in [0.3, 0.4) is 0 Å². The van der Waals surface area contributed by atoms with Gasteiger partial charge in [0.1, 0.15) is 0 Å². The predicted molar refractivity (Wildman–Crippen MR) is 78.5 cm³/mol. The molecule has 0 atom stereocenters. The van der Waals surface area contributed by atoms with E-state index < -0.39 is 18.4 Å². The Balaban J connectivity index is 3.25. The van der Waals surface area contributed by atoms with Crippen LogP contribution in [-0.4, -0.2) is 24.2 Å². The maximum atomic E-state index is 11.5. The lowest BCUT2D eigenvalue weighted by Crippen LogP contribution is -2.09. The summed E-state index contributed by atoms with van der Waals surface area (Å²) in [5.41, 5.74) is 6.91. The van der Waals surface area contributed by atoms with E-state index in [2.05, 4.69) is 36.6 Å². The molecule has 0 amide bonds. The van der Waals surface area contributed by atoms with Crippen molar-refractivity contribution >= 4 is 55.6 Å². The summed E-state index contributed by atoms with van der Waals surface area (Å²) in [6.07, 6.45) is 1.04. The van der Waals surface area contributed by atoms with Crippen molar-refractivity contribution in [2.24, 2.45) is 0 Å². The summed E-state index contributed by atoms with van der Waals surface area (Å²) in [5.74, 6) is -1.79. The average Bonchev–Trinajstić information content (AvgIpc) is 2.37. The molecule has 1 aromatic rings. The lowest BCUT2D eigenvalue weighted by atomic mass is 10.1. The Bertz CT molecular complexity index is 555. The lowest BCUT2D eigenvalue weighted by Gasteiger charge is -2.07. The number of halogens is 2. The van der Waals surface area contributed by atoms with Gasteiger partial charge in [0, 0.05) is 15.7 Å². The van der Waals surface area contributed by atoms with Crippen molar-refractivity contribution in [3.8, 4) is 0 Å². The zero-order valence-electron chi connectivity index (χ0n) is 9.94. The number of aliphatic carboxylic acids is 1. The molecule has 0 aliphatic carbocycles. The van der Waals surface area contributed by atoms with E-state index in [4.69, 9.17) is 10.8 Å². The van der Waals surface area contributed by atoms with E-state index in [0.29, 0.717) is 20.2 Å². The number of hydrogen-bond acceptors (Lipinski definition) is 4. The third-order valence-corrected chi connectivity index (χ3v) is 4.50. The smallest absolute Gasteiger partial charge is 0.334 e. The van der Waals surface area contributed by atoms with Crippen molar-refractivity contribution in [2.45, 2.75) is 6.42 Å². The Morgan fingerprint density at radius 2 is 2.00 bits per heavy atom. The van der Waals surface area contributed by atoms with Crippen molar-refractivity contribution in [3.63, 3.8) is 0 Å². The fourth-order valence-corrected chi connectivity index (χ4v) is 2.19. The van der Waals surface area contributed by atoms with E-state index >= 15 is 0 Å². The highest BCUT2D eigenvalue weighted by atomic mass is 79.9. The zero-order chi connectivity index (χ0) is 14.6. The molecule has 102 valence electrons. The molecule has 1 aromatic carbocycles. The zero-order valence-corrected chi connectivity index (χ0v) is 13.1. The number of carboxylic acid groups (broad SMARTS) is 1. The van der Waals surface area contributed by atoms with Crippen molar-refractivity contribution < 1.29 is 19.4 Å². The Morgan fingerprint density at radius 3 is 2.53 bits per heavy atom. The fraction of sp³-hybridized carbons (Fsp3) is 0.167. The summed E-state index contributed by atoms with van der Waals surface area (Å²) in [6, 6.07) is 3.32. The second kappa shape index (κ2) is 6.72. The molecule has 0 fully saturated rings. The average molecular weight is 393 g/mol. The molecule has 0 aromatic heterocycles. The molecule has 1 rings (SSSR count). The van der Waals surface area contributed by atoms with Crippen LogP contribution in [0.1, 0.15) is 12.0 Å². The van der Waals surface area contributed by atoms with Gasteiger partial charge in [-0.25, -0.2) is 4.79 Å². The van der Waals surface area contributed by atoms with Gasteiger partial charge in [-0.3, -0.25) is 4.79 Å². The van der Waals surface area contributed by atoms with Crippen molar-refractivity contribution in [1.82, 2.24) is 0 Å². The van der Waals surface area contributed by atoms with Crippen LogP contribution in [0.2, 0.25) is 0 Å². The molecule has 0 saturated heterocycles. The Kier molecular flexibility index (Phi) is 5.56. The molecule has 0 aliphatic heterocycles. The number of ether oxygens (including phenoxy) is 1. The van der Waals surface area contributed by atoms with Crippen LogP contribution < -0.4 is 5.73 Å². The summed E-state index contributed by atoms with van der Waals surface area (Å²) in [5, 5.41) is 8.78. The molecular formula is C12H11Br2NO4. The SMILES string of the molecule is COC(=O)C(=Cc1ccc(N)c(Br)c1Br)CC(=O)O. The maximum Gasteiger partial charge on any atom is 0.334 e. The largest absolute Gasteiger partial charge is 0.481 e. The number of esters is 1. The van der Waals surface area contributed by atoms with E-state index in [1.807, 2.05) is 0 Å². The minimum absolute atomic E-state index is 0.0485. The highest BCUT2D eigenvalue weighted by Crippen LogP contribution is 2.33. The molecule has 5 nitrogen and oxygen atoms in total. The van der Waals surface area contributed by atoms with Crippen LogP contribution >= 0.6 is 31.9 Å². The maximum absolute atomic E-state index is 11.5. The lowest BCUT2D eigenvalue weighted by molar-refractivity contribution is -0.141. The molecule has 3 N–H and O–H groups in total. The molecule has 0 bridgehead atoms. The highest BCUT2D eigenvalue weighted by molar-refractivity contribution is 9.13. The molecule has 0 radical (unpaired) electrons. The summed E-state index contributed by atoms with van der Waals surface area (Å²) in [6.45, 7) is 0. The summed E-state index contributed by atoms with van der Waals surface area (Å²) in [4.78, 5) is 22.2. The third-order valence-electron chi connectivity index (χ3n) is 2.26. The quantitative estimate of drug-likeness (QED) is 0.467. The van der Waals surface area contributed by atoms with Gasteiger partial charge in [0.05, 0.1) is 18.0 Å². The molecule has 0 heterocycles. The van der Waals surface area contributed by atoms with Gasteiger partial charge in [-0.1, -0.05) is 6.07 Å². The number of carboxylic acids is 1. The van der Waals surface area contributed by atoms with Gasteiger partial charge in [0.25, 0.3) is 0 Å². The molecule has 0 unspecified atom stereocenters. The van der Waals surface area contributed by atoms with Crippen molar-refractivity contribution in [2.75, 3.05) is 12.8 Å². The van der Waals surface area contributed by atoms with E-state index in [0.717, 1.165) is 0 Å². The molecule has 19 heavy (non-hydrogen) atoms. The Labute approximate surface area is 126 Å². The molecule has 0 saturated carbocycles. The van der Waals surface area contributed by atoms with Crippen LogP contribution in [0.25, 0.3) is 6.08 Å². The van der Waals surface area contributed by atoms with Gasteiger partial charge >= 0.3 is 11.9 Å². The number of benzene rings is 1. The van der Waals surface area contributed by atoms with E-state index in [1.54, 1.807) is 12.1 Å². The van der Waals surface area contributed by atoms with E-state index in [-0.39, 0.29) is 5.57 Å². The first-order chi connectivity index (χ1) is 8.86. The Hall–Kier alpha value is -1.34. The molecule has 7 heteroatoms. The summed E-state index contributed by atoms with van der Waals surface area (Å²) in [7, 11) is 1.20. The number of nitrogens with two attached hydrogens (primary N) is 1. The number of carbonyl (C=O) groups is 2. The predicted octanol–water partition coefficient (Wildman–Crippen LogP) is 2.82. The minimum Gasteiger partial charge on any atom is -0.481 e. The first-order valence-corrected chi connectivity index (χ1v) is 6.69. The topological polar surface area (TPSA) is 89.6 Å². The highest BCUT2D eigenvalue weighted by Gasteiger charge is 2.15. The van der Waals surface area contributed by atoms with Crippen LogP contribution in [0.4, 0.5) is 5.69 Å². The number of carbonyl (C=O) groups excluding carboxylic acids is 1. The fourth-order valence-electron chi connectivity index (χ4n) is 1.35. The van der Waals surface area contributed by atoms with Gasteiger partial charge in [-0.05, 0) is 49.6 Å². The summed E-state index contributed by atoms with van der Waals surface area (Å²) < 4.78 is 5.83. The van der Waals surface area contributed by atoms with E-state index in [1.165, 1.54) is 13.2 Å². The molecule has 0 aliphatic rings. The normalized spacial score (nSPS) is 11.2. The second-order valence-corrected chi connectivity index (χ2v) is 5.19. The van der Waals surface area contributed by atoms with Crippen LogP contribution in [0.5, 0.6) is 0 Å². The van der Waals surface area contributed by atoms with Crippen LogP contribution in [0, 0.1) is 0 Å². The molecular weight excluding hydrogens is 382 g/mol. The van der Waals surface area contributed by atoms with Gasteiger partial charge < -0.3 is 15.6 Å². The van der Waals surface area contributed by atoms with Gasteiger partial charge in [0.15, 0.2) is 0 Å². The Morgan fingerprint density at radius 1 is 1.37 bits per heavy atom. The number of nitrogen functional groups attached to an aromatic ring is 1. The van der Waals surface area contributed by atoms with Crippen LogP contribution in [0.15, 0.2) is 26.7 Å². The van der Waals surface area contributed by atoms with Gasteiger partial charge in [-0.15, -0.1) is 0 Å². The minimum atomic E-state index is -1.11. The first kappa shape index (κ1) is 15.7. The molecule has 0 spiro atoms. The van der Waals surface area contributed by atoms with Crippen molar-refractivity contribution in [3.05, 3.63) is 32.2 Å². The van der Waals surface area contributed by atoms with Gasteiger partial charge in [-0.2, -0.15) is 0 Å². The number of methoxy groups -OCH3 is 1. The van der Waals surface area contributed by atoms with Gasteiger partial charge in [0.2, 0.25) is 0 Å². The third kappa shape index (κ3) is 4.07.